The Morgan fingerprint density at radius 2 is 2.22 bits per heavy atom. The molecule has 18 heavy (non-hydrogen) atoms. The first-order valence-electron chi connectivity index (χ1n) is 5.45. The summed E-state index contributed by atoms with van der Waals surface area (Å²) in [6, 6.07) is 4.76. The Kier molecular flexibility index (Phi) is 3.71. The van der Waals surface area contributed by atoms with Crippen molar-refractivity contribution < 1.29 is 4.92 Å². The fourth-order valence-electron chi connectivity index (χ4n) is 1.69. The Morgan fingerprint density at radius 1 is 1.44 bits per heavy atom. The molecular weight excluding hydrogens is 300 g/mol. The zero-order valence-corrected chi connectivity index (χ0v) is 11.3. The lowest BCUT2D eigenvalue weighted by molar-refractivity contribution is -0.384. The molecule has 0 bridgehead atoms. The number of hydrogen-bond acceptors (Lipinski definition) is 4. The van der Waals surface area contributed by atoms with Crippen LogP contribution < -0.4 is 0 Å². The van der Waals surface area contributed by atoms with E-state index in [-0.39, 0.29) is 5.69 Å². The van der Waals surface area contributed by atoms with Crippen LogP contribution in [0.1, 0.15) is 13.3 Å². The molecule has 0 saturated carbocycles. The van der Waals surface area contributed by atoms with Crippen LogP contribution >= 0.6 is 15.9 Å². The minimum Gasteiger partial charge on any atom is -0.314 e. The second kappa shape index (κ2) is 5.26. The first kappa shape index (κ1) is 12.7. The van der Waals surface area contributed by atoms with E-state index in [1.165, 1.54) is 12.1 Å². The van der Waals surface area contributed by atoms with E-state index in [0.717, 1.165) is 13.0 Å². The van der Waals surface area contributed by atoms with Crippen LogP contribution in [0.3, 0.4) is 0 Å². The van der Waals surface area contributed by atoms with Crippen molar-refractivity contribution >= 4 is 21.6 Å². The lowest BCUT2D eigenvalue weighted by Gasteiger charge is -2.05. The number of benzene rings is 1. The highest BCUT2D eigenvalue weighted by Crippen LogP contribution is 2.27. The molecule has 1 aromatic carbocycles. The molecule has 2 aromatic rings. The van der Waals surface area contributed by atoms with Gasteiger partial charge in [0.05, 0.1) is 4.92 Å². The molecule has 0 saturated heterocycles. The maximum Gasteiger partial charge on any atom is 0.271 e. The summed E-state index contributed by atoms with van der Waals surface area (Å²) in [5.74, 6) is 0.640. The Morgan fingerprint density at radius 3 is 2.89 bits per heavy atom. The molecule has 94 valence electrons. The van der Waals surface area contributed by atoms with E-state index in [0.29, 0.717) is 15.9 Å². The van der Waals surface area contributed by atoms with Gasteiger partial charge in [-0.15, -0.1) is 10.2 Å². The topological polar surface area (TPSA) is 73.8 Å². The van der Waals surface area contributed by atoms with E-state index < -0.39 is 4.92 Å². The molecule has 7 heteroatoms. The quantitative estimate of drug-likeness (QED) is 0.642. The summed E-state index contributed by atoms with van der Waals surface area (Å²) in [6.07, 6.45) is 2.58. The summed E-state index contributed by atoms with van der Waals surface area (Å²) in [6.45, 7) is 2.83. The zero-order chi connectivity index (χ0) is 13.1. The van der Waals surface area contributed by atoms with Crippen molar-refractivity contribution in [1.29, 1.82) is 0 Å². The van der Waals surface area contributed by atoms with E-state index >= 15 is 0 Å². The summed E-state index contributed by atoms with van der Waals surface area (Å²) >= 11 is 3.27. The summed E-state index contributed by atoms with van der Waals surface area (Å²) in [7, 11) is 0. The van der Waals surface area contributed by atoms with Crippen molar-refractivity contribution in [3.8, 4) is 11.4 Å². The van der Waals surface area contributed by atoms with Gasteiger partial charge in [-0.25, -0.2) is 0 Å². The van der Waals surface area contributed by atoms with Gasteiger partial charge in [0.15, 0.2) is 5.82 Å². The van der Waals surface area contributed by atoms with Gasteiger partial charge in [-0.2, -0.15) is 0 Å². The molecular formula is C11H11BrN4O2. The van der Waals surface area contributed by atoms with Crippen LogP contribution in [0, 0.1) is 10.1 Å². The molecule has 0 aliphatic carbocycles. The normalized spacial score (nSPS) is 10.6. The highest BCUT2D eigenvalue weighted by Gasteiger charge is 2.13. The molecule has 1 aromatic heterocycles. The Balaban J connectivity index is 2.49. The standard InChI is InChI=1S/C11H11BrN4O2/c1-2-3-15-7-13-14-11(15)8-4-9(12)6-10(5-8)16(17)18/h4-7H,2-3H2,1H3. The first-order valence-corrected chi connectivity index (χ1v) is 6.24. The monoisotopic (exact) mass is 310 g/mol. The average Bonchev–Trinajstić information content (AvgIpc) is 2.77. The maximum absolute atomic E-state index is 10.8. The summed E-state index contributed by atoms with van der Waals surface area (Å²) in [4.78, 5) is 10.4. The predicted octanol–water partition coefficient (Wildman–Crippen LogP) is 3.03. The fourth-order valence-corrected chi connectivity index (χ4v) is 2.17. The Labute approximate surface area is 112 Å². The van der Waals surface area contributed by atoms with Crippen LogP contribution in [0.15, 0.2) is 29.0 Å². The molecule has 0 fully saturated rings. The third-order valence-electron chi connectivity index (χ3n) is 2.43. The molecule has 0 unspecified atom stereocenters. The van der Waals surface area contributed by atoms with E-state index in [2.05, 4.69) is 26.1 Å². The van der Waals surface area contributed by atoms with Crippen LogP contribution in [-0.2, 0) is 6.54 Å². The highest BCUT2D eigenvalue weighted by atomic mass is 79.9. The summed E-state index contributed by atoms with van der Waals surface area (Å²) in [5.41, 5.74) is 0.715. The Hall–Kier alpha value is -1.76. The van der Waals surface area contributed by atoms with Crippen LogP contribution in [0.2, 0.25) is 0 Å². The minimum absolute atomic E-state index is 0.0328. The summed E-state index contributed by atoms with van der Waals surface area (Å²) < 4.78 is 2.53. The van der Waals surface area contributed by atoms with Crippen molar-refractivity contribution in [3.63, 3.8) is 0 Å². The van der Waals surface area contributed by atoms with Gasteiger partial charge in [0.1, 0.15) is 6.33 Å². The molecule has 1 heterocycles. The second-order valence-corrected chi connectivity index (χ2v) is 4.72. The zero-order valence-electron chi connectivity index (χ0n) is 9.71. The number of nitrogens with zero attached hydrogens (tertiary/aromatic N) is 4. The van der Waals surface area contributed by atoms with E-state index in [9.17, 15) is 10.1 Å². The number of nitro benzene ring substituents is 1. The number of hydrogen-bond donors (Lipinski definition) is 0. The third-order valence-corrected chi connectivity index (χ3v) is 2.89. The van der Waals surface area contributed by atoms with Crippen molar-refractivity contribution in [2.45, 2.75) is 19.9 Å². The van der Waals surface area contributed by atoms with E-state index in [4.69, 9.17) is 0 Å². The lowest BCUT2D eigenvalue weighted by Crippen LogP contribution is -1.99. The van der Waals surface area contributed by atoms with Crippen LogP contribution in [0.25, 0.3) is 11.4 Å². The minimum atomic E-state index is -0.422. The van der Waals surface area contributed by atoms with Crippen LogP contribution in [-0.4, -0.2) is 19.7 Å². The van der Waals surface area contributed by atoms with Gasteiger partial charge in [-0.1, -0.05) is 22.9 Å². The summed E-state index contributed by atoms with van der Waals surface area (Å²) in [5, 5.41) is 18.7. The molecule has 0 N–H and O–H groups in total. The molecule has 0 amide bonds. The van der Waals surface area contributed by atoms with Gasteiger partial charge < -0.3 is 4.57 Å². The maximum atomic E-state index is 10.8. The molecule has 2 rings (SSSR count). The number of nitro groups is 1. The SMILES string of the molecule is CCCn1cnnc1-c1cc(Br)cc([N+](=O)[O-])c1. The lowest BCUT2D eigenvalue weighted by atomic mass is 10.2. The fraction of sp³-hybridized carbons (Fsp3) is 0.273. The van der Waals surface area contributed by atoms with E-state index in [1.807, 2.05) is 11.5 Å². The Bertz CT molecular complexity index is 582. The van der Waals surface area contributed by atoms with Gasteiger partial charge in [-0.3, -0.25) is 10.1 Å². The smallest absolute Gasteiger partial charge is 0.271 e. The number of non-ortho nitro benzene ring substituents is 1. The molecule has 0 aliphatic rings. The molecule has 6 nitrogen and oxygen atoms in total. The predicted molar refractivity (Wildman–Crippen MR) is 70.1 cm³/mol. The van der Waals surface area contributed by atoms with Crippen molar-refractivity contribution in [3.05, 3.63) is 39.1 Å². The van der Waals surface area contributed by atoms with Crippen LogP contribution in [0.4, 0.5) is 5.69 Å². The number of halogens is 1. The van der Waals surface area contributed by atoms with Gasteiger partial charge in [0, 0.05) is 28.7 Å². The van der Waals surface area contributed by atoms with Crippen LogP contribution in [0.5, 0.6) is 0 Å². The first-order chi connectivity index (χ1) is 8.61. The van der Waals surface area contributed by atoms with Crippen molar-refractivity contribution in [2.24, 2.45) is 0 Å². The highest BCUT2D eigenvalue weighted by molar-refractivity contribution is 9.10. The van der Waals surface area contributed by atoms with E-state index in [1.54, 1.807) is 12.4 Å². The van der Waals surface area contributed by atoms with Crippen molar-refractivity contribution in [2.75, 3.05) is 0 Å². The molecule has 0 aliphatic heterocycles. The van der Waals surface area contributed by atoms with Gasteiger partial charge in [0.25, 0.3) is 5.69 Å². The second-order valence-electron chi connectivity index (χ2n) is 3.80. The molecule has 0 spiro atoms. The average molecular weight is 311 g/mol. The molecule has 0 atom stereocenters. The number of aryl methyl sites for hydroxylation is 1. The largest absolute Gasteiger partial charge is 0.314 e. The number of aromatic nitrogens is 3. The van der Waals surface area contributed by atoms with Gasteiger partial charge >= 0.3 is 0 Å². The van der Waals surface area contributed by atoms with Crippen molar-refractivity contribution in [1.82, 2.24) is 14.8 Å². The van der Waals surface area contributed by atoms with Gasteiger partial charge in [0.2, 0.25) is 0 Å². The third kappa shape index (κ3) is 2.56. The number of rotatable bonds is 4. The van der Waals surface area contributed by atoms with Gasteiger partial charge in [-0.05, 0) is 12.5 Å². The molecule has 0 radical (unpaired) electrons.